The molecule has 4 amide bonds. The highest BCUT2D eigenvalue weighted by Gasteiger charge is 2.28. The monoisotopic (exact) mass is 734 g/mol. The highest BCUT2D eigenvalue weighted by atomic mass is 32.1. The van der Waals surface area contributed by atoms with Gasteiger partial charge >= 0.3 is 12.1 Å². The Morgan fingerprint density at radius 2 is 1.46 bits per heavy atom. The molecule has 0 spiro atoms. The Labute approximate surface area is 313 Å². The summed E-state index contributed by atoms with van der Waals surface area (Å²) in [6.45, 7) is 13.6. The van der Waals surface area contributed by atoms with Gasteiger partial charge in [0.25, 0.3) is 0 Å². The molecule has 0 saturated carbocycles. The van der Waals surface area contributed by atoms with E-state index in [0.717, 1.165) is 34.9 Å². The van der Waals surface area contributed by atoms with Gasteiger partial charge in [-0.1, -0.05) is 74.5 Å². The molecular weight excluding hydrogens is 677 g/mol. The lowest BCUT2D eigenvalue weighted by molar-refractivity contribution is -0.124. The van der Waals surface area contributed by atoms with Crippen molar-refractivity contribution in [3.63, 3.8) is 0 Å². The van der Waals surface area contributed by atoms with Gasteiger partial charge in [-0.3, -0.25) is 9.69 Å². The number of aromatic nitrogens is 1. The summed E-state index contributed by atoms with van der Waals surface area (Å²) in [5, 5.41) is 12.4. The standard InChI is InChI=1S/C40H58N6O5S/c1-29(2)37-42-34(28-52-37)27-45(6)38(48)44-35(19-20-46-21-23-50-24-22-46)36(47)41-32(25-30-13-9-7-10-14-30)17-18-33(26-31-15-11-8-12-16-31)43-39(49)51-40(3,4)5/h7-16,28-29,32-33,35H,17-27H2,1-6H3,(H,41,47)(H,43,49)(H,44,48)/t32-,33-,35+/m1/s1. The number of hydrogen-bond donors (Lipinski definition) is 3. The number of thiazole rings is 1. The molecule has 1 aliphatic rings. The molecule has 4 rings (SSSR count). The smallest absolute Gasteiger partial charge is 0.407 e. The topological polar surface area (TPSA) is 125 Å². The average Bonchev–Trinajstić information content (AvgIpc) is 3.58. The maximum absolute atomic E-state index is 14.2. The predicted molar refractivity (Wildman–Crippen MR) is 206 cm³/mol. The van der Waals surface area contributed by atoms with Gasteiger partial charge in [-0.15, -0.1) is 11.3 Å². The van der Waals surface area contributed by atoms with E-state index in [1.165, 1.54) is 0 Å². The number of nitrogens with one attached hydrogen (secondary N) is 3. The predicted octanol–water partition coefficient (Wildman–Crippen LogP) is 6.14. The van der Waals surface area contributed by atoms with Gasteiger partial charge in [0.1, 0.15) is 11.6 Å². The second-order valence-corrected chi connectivity index (χ2v) is 15.8. The maximum Gasteiger partial charge on any atom is 0.407 e. The summed E-state index contributed by atoms with van der Waals surface area (Å²) in [6.07, 6.45) is 2.40. The van der Waals surface area contributed by atoms with E-state index in [4.69, 9.17) is 9.47 Å². The van der Waals surface area contributed by atoms with Gasteiger partial charge in [-0.25, -0.2) is 14.6 Å². The van der Waals surface area contributed by atoms with E-state index in [0.29, 0.717) is 64.3 Å². The highest BCUT2D eigenvalue weighted by molar-refractivity contribution is 7.09. The molecule has 1 saturated heterocycles. The molecule has 0 bridgehead atoms. The van der Waals surface area contributed by atoms with Crippen molar-refractivity contribution in [2.45, 2.75) is 103 Å². The number of hydrogen-bond acceptors (Lipinski definition) is 8. The van der Waals surface area contributed by atoms with Crippen LogP contribution < -0.4 is 16.0 Å². The second kappa shape index (κ2) is 20.3. The number of urea groups is 1. The molecule has 2 aromatic carbocycles. The van der Waals surface area contributed by atoms with Gasteiger partial charge in [-0.2, -0.15) is 0 Å². The lowest BCUT2D eigenvalue weighted by atomic mass is 9.95. The average molecular weight is 735 g/mol. The highest BCUT2D eigenvalue weighted by Crippen LogP contribution is 2.20. The maximum atomic E-state index is 14.2. The Morgan fingerprint density at radius 3 is 2.00 bits per heavy atom. The molecule has 1 aliphatic heterocycles. The van der Waals surface area contributed by atoms with Crippen molar-refractivity contribution >= 4 is 29.4 Å². The molecule has 1 fully saturated rings. The Balaban J connectivity index is 1.49. The first kappa shape index (κ1) is 40.8. The SMILES string of the molecule is CC(C)c1nc(CN(C)C(=O)N[C@@H](CCN2CCOCC2)C(=O)N[C@H](CC[C@H](Cc2ccccc2)NC(=O)OC(C)(C)C)Cc2ccccc2)cs1. The Morgan fingerprint density at radius 1 is 0.885 bits per heavy atom. The minimum atomic E-state index is -0.752. The third-order valence-corrected chi connectivity index (χ3v) is 10.0. The zero-order chi connectivity index (χ0) is 37.5. The molecule has 12 heteroatoms. The summed E-state index contributed by atoms with van der Waals surface area (Å²) in [4.78, 5) is 49.2. The zero-order valence-corrected chi connectivity index (χ0v) is 32.5. The molecule has 1 aromatic heterocycles. The molecule has 3 atom stereocenters. The zero-order valence-electron chi connectivity index (χ0n) is 31.7. The van der Waals surface area contributed by atoms with Crippen molar-refractivity contribution in [2.24, 2.45) is 0 Å². The molecule has 0 radical (unpaired) electrons. The first-order valence-corrected chi connectivity index (χ1v) is 19.4. The van der Waals surface area contributed by atoms with Crippen LogP contribution in [-0.2, 0) is 33.7 Å². The summed E-state index contributed by atoms with van der Waals surface area (Å²) in [7, 11) is 1.73. The number of alkyl carbamates (subject to hydrolysis) is 1. The molecule has 11 nitrogen and oxygen atoms in total. The van der Waals surface area contributed by atoms with Gasteiger partial charge in [0, 0.05) is 50.1 Å². The molecule has 284 valence electrons. The molecule has 2 heterocycles. The minimum absolute atomic E-state index is 0.222. The van der Waals surface area contributed by atoms with Crippen LogP contribution in [0.3, 0.4) is 0 Å². The molecule has 3 N–H and O–H groups in total. The van der Waals surface area contributed by atoms with Crippen LogP contribution in [0.4, 0.5) is 9.59 Å². The number of rotatable bonds is 17. The fraction of sp³-hybridized carbons (Fsp3) is 0.550. The number of carbonyl (C=O) groups is 3. The van der Waals surface area contributed by atoms with E-state index < -0.39 is 17.7 Å². The fourth-order valence-corrected chi connectivity index (χ4v) is 6.89. The lowest BCUT2D eigenvalue weighted by Crippen LogP contribution is -2.54. The number of morpholine rings is 1. The first-order valence-electron chi connectivity index (χ1n) is 18.5. The Hall–Kier alpha value is -4.00. The number of ether oxygens (including phenoxy) is 2. The van der Waals surface area contributed by atoms with Crippen LogP contribution in [0.25, 0.3) is 0 Å². The molecule has 0 unspecified atom stereocenters. The van der Waals surface area contributed by atoms with Crippen molar-refractivity contribution in [2.75, 3.05) is 39.9 Å². The van der Waals surface area contributed by atoms with Crippen LogP contribution in [0, 0.1) is 0 Å². The van der Waals surface area contributed by atoms with Gasteiger partial charge in [0.15, 0.2) is 0 Å². The summed E-state index contributed by atoms with van der Waals surface area (Å²) in [5.41, 5.74) is 2.39. The third-order valence-electron chi connectivity index (χ3n) is 8.84. The number of nitrogens with zero attached hydrogens (tertiary/aromatic N) is 3. The van der Waals surface area contributed by atoms with Gasteiger partial charge in [0.05, 0.1) is 30.5 Å². The summed E-state index contributed by atoms with van der Waals surface area (Å²) in [5.74, 6) is 0.0862. The van der Waals surface area contributed by atoms with Gasteiger partial charge in [0.2, 0.25) is 5.91 Å². The Bertz CT molecular complexity index is 1520. The van der Waals surface area contributed by atoms with E-state index in [2.05, 4.69) is 51.8 Å². The number of carbonyl (C=O) groups excluding carboxylic acids is 3. The first-order chi connectivity index (χ1) is 24.8. The third kappa shape index (κ3) is 14.6. The normalized spacial score (nSPS) is 15.4. The number of amides is 4. The van der Waals surface area contributed by atoms with Crippen molar-refractivity contribution in [3.8, 4) is 0 Å². The van der Waals surface area contributed by atoms with Crippen LogP contribution in [0.5, 0.6) is 0 Å². The van der Waals surface area contributed by atoms with Crippen molar-refractivity contribution in [1.29, 1.82) is 0 Å². The summed E-state index contributed by atoms with van der Waals surface area (Å²) >= 11 is 1.59. The largest absolute Gasteiger partial charge is 0.444 e. The van der Waals surface area contributed by atoms with Gasteiger partial charge in [-0.05, 0) is 64.0 Å². The summed E-state index contributed by atoms with van der Waals surface area (Å²) < 4.78 is 11.1. The number of benzene rings is 2. The van der Waals surface area contributed by atoms with E-state index in [1.807, 2.05) is 74.7 Å². The van der Waals surface area contributed by atoms with E-state index >= 15 is 0 Å². The van der Waals surface area contributed by atoms with Crippen LogP contribution in [0.2, 0.25) is 0 Å². The quantitative estimate of drug-likeness (QED) is 0.152. The minimum Gasteiger partial charge on any atom is -0.444 e. The van der Waals surface area contributed by atoms with Crippen molar-refractivity contribution in [1.82, 2.24) is 30.7 Å². The second-order valence-electron chi connectivity index (χ2n) is 14.9. The molecule has 0 aliphatic carbocycles. The van der Waals surface area contributed by atoms with Crippen LogP contribution in [-0.4, -0.2) is 96.4 Å². The van der Waals surface area contributed by atoms with Gasteiger partial charge < -0.3 is 30.3 Å². The Kier molecular flexibility index (Phi) is 15.9. The van der Waals surface area contributed by atoms with Crippen molar-refractivity contribution in [3.05, 3.63) is 87.9 Å². The van der Waals surface area contributed by atoms with Crippen LogP contribution in [0.15, 0.2) is 66.0 Å². The van der Waals surface area contributed by atoms with E-state index in [-0.39, 0.29) is 24.0 Å². The fourth-order valence-electron chi connectivity index (χ4n) is 6.07. The lowest BCUT2D eigenvalue weighted by Gasteiger charge is -2.30. The molecule has 52 heavy (non-hydrogen) atoms. The van der Waals surface area contributed by atoms with E-state index in [9.17, 15) is 14.4 Å². The van der Waals surface area contributed by atoms with Crippen molar-refractivity contribution < 1.29 is 23.9 Å². The molecule has 3 aromatic rings. The summed E-state index contributed by atoms with van der Waals surface area (Å²) in [6, 6.07) is 18.5. The molecular formula is C40H58N6O5S. The van der Waals surface area contributed by atoms with Crippen LogP contribution >= 0.6 is 11.3 Å². The van der Waals surface area contributed by atoms with Crippen LogP contribution in [0.1, 0.15) is 81.6 Å². The van der Waals surface area contributed by atoms with E-state index in [1.54, 1.807) is 23.3 Å².